The van der Waals surface area contributed by atoms with Crippen molar-refractivity contribution < 1.29 is 14.3 Å². The van der Waals surface area contributed by atoms with Crippen molar-refractivity contribution in [1.29, 1.82) is 0 Å². The molecule has 1 aliphatic rings. The van der Waals surface area contributed by atoms with E-state index in [1.54, 1.807) is 13.8 Å². The van der Waals surface area contributed by atoms with Crippen LogP contribution in [0.2, 0.25) is 0 Å². The van der Waals surface area contributed by atoms with E-state index in [-0.39, 0.29) is 0 Å². The van der Waals surface area contributed by atoms with Gasteiger partial charge in [0.1, 0.15) is 0 Å². The molecule has 2 heterocycles. The number of rotatable bonds is 5. The van der Waals surface area contributed by atoms with Crippen LogP contribution >= 0.6 is 0 Å². The molecule has 7 heteroatoms. The van der Waals surface area contributed by atoms with Gasteiger partial charge in [0.05, 0.1) is 31.1 Å². The van der Waals surface area contributed by atoms with Gasteiger partial charge in [0.25, 0.3) is 0 Å². The first-order valence-electron chi connectivity index (χ1n) is 8.80. The molecule has 1 saturated heterocycles. The zero-order valence-corrected chi connectivity index (χ0v) is 15.4. The zero-order valence-electron chi connectivity index (χ0n) is 15.4. The highest BCUT2D eigenvalue weighted by Gasteiger charge is 2.19. The minimum Gasteiger partial charge on any atom is -0.462 e. The van der Waals surface area contributed by atoms with Gasteiger partial charge in [-0.15, -0.1) is 0 Å². The predicted octanol–water partition coefficient (Wildman–Crippen LogP) is 2.93. The van der Waals surface area contributed by atoms with E-state index in [9.17, 15) is 4.79 Å². The van der Waals surface area contributed by atoms with Gasteiger partial charge < -0.3 is 19.7 Å². The molecule has 1 aliphatic heterocycles. The van der Waals surface area contributed by atoms with Crippen LogP contribution in [-0.2, 0) is 9.47 Å². The lowest BCUT2D eigenvalue weighted by molar-refractivity contribution is 0.0524. The largest absolute Gasteiger partial charge is 0.462 e. The summed E-state index contributed by atoms with van der Waals surface area (Å²) in [4.78, 5) is 22.7. The van der Waals surface area contributed by atoms with Crippen molar-refractivity contribution in [3.05, 3.63) is 41.7 Å². The first-order chi connectivity index (χ1) is 12.6. The third-order valence-electron chi connectivity index (χ3n) is 4.30. The van der Waals surface area contributed by atoms with Crippen molar-refractivity contribution >= 4 is 23.3 Å². The molecule has 1 unspecified atom stereocenters. The van der Waals surface area contributed by atoms with Crippen LogP contribution in [0.25, 0.3) is 0 Å². The SMILES string of the molecule is CCOC(=O)c1cnc(Nc2ccc(N3CCOCC3C)cc2)nc1C. The number of ether oxygens (including phenoxy) is 2. The average molecular weight is 356 g/mol. The number of hydrogen-bond acceptors (Lipinski definition) is 7. The molecule has 26 heavy (non-hydrogen) atoms. The van der Waals surface area contributed by atoms with Crippen LogP contribution < -0.4 is 10.2 Å². The topological polar surface area (TPSA) is 76.6 Å². The van der Waals surface area contributed by atoms with Crippen LogP contribution in [0.4, 0.5) is 17.3 Å². The summed E-state index contributed by atoms with van der Waals surface area (Å²) in [6.07, 6.45) is 1.49. The molecule has 0 spiro atoms. The second-order valence-corrected chi connectivity index (χ2v) is 6.20. The molecule has 1 N–H and O–H groups in total. The van der Waals surface area contributed by atoms with E-state index in [0.717, 1.165) is 25.4 Å². The van der Waals surface area contributed by atoms with Gasteiger partial charge in [-0.05, 0) is 45.0 Å². The molecule has 1 aromatic heterocycles. The number of carbonyl (C=O) groups is 1. The second kappa shape index (κ2) is 8.14. The third-order valence-corrected chi connectivity index (χ3v) is 4.30. The molecule has 1 fully saturated rings. The normalized spacial score (nSPS) is 17.0. The molecular formula is C19H24N4O3. The van der Waals surface area contributed by atoms with Gasteiger partial charge >= 0.3 is 5.97 Å². The molecule has 3 rings (SSSR count). The van der Waals surface area contributed by atoms with Crippen LogP contribution in [0.3, 0.4) is 0 Å². The van der Waals surface area contributed by atoms with Crippen molar-refractivity contribution in [2.45, 2.75) is 26.8 Å². The Balaban J connectivity index is 1.69. The number of benzene rings is 1. The molecule has 7 nitrogen and oxygen atoms in total. The molecular weight excluding hydrogens is 332 g/mol. The Morgan fingerprint density at radius 3 is 2.81 bits per heavy atom. The van der Waals surface area contributed by atoms with Crippen molar-refractivity contribution in [3.63, 3.8) is 0 Å². The number of morpholine rings is 1. The maximum Gasteiger partial charge on any atom is 0.341 e. The molecule has 0 radical (unpaired) electrons. The van der Waals surface area contributed by atoms with Crippen molar-refractivity contribution in [2.75, 3.05) is 36.6 Å². The monoisotopic (exact) mass is 356 g/mol. The first kappa shape index (κ1) is 18.1. The molecule has 0 bridgehead atoms. The first-order valence-corrected chi connectivity index (χ1v) is 8.80. The summed E-state index contributed by atoms with van der Waals surface area (Å²) >= 11 is 0. The Morgan fingerprint density at radius 1 is 1.38 bits per heavy atom. The third kappa shape index (κ3) is 4.11. The quantitative estimate of drug-likeness (QED) is 0.825. The van der Waals surface area contributed by atoms with E-state index >= 15 is 0 Å². The van der Waals surface area contributed by atoms with Crippen molar-refractivity contribution in [1.82, 2.24) is 9.97 Å². The van der Waals surface area contributed by atoms with Gasteiger partial charge in [0.2, 0.25) is 5.95 Å². The van der Waals surface area contributed by atoms with Crippen LogP contribution in [0, 0.1) is 6.92 Å². The van der Waals surface area contributed by atoms with E-state index in [4.69, 9.17) is 9.47 Å². The number of carbonyl (C=O) groups excluding carboxylic acids is 1. The number of aryl methyl sites for hydroxylation is 1. The highest BCUT2D eigenvalue weighted by atomic mass is 16.5. The van der Waals surface area contributed by atoms with E-state index < -0.39 is 5.97 Å². The Kier molecular flexibility index (Phi) is 5.68. The van der Waals surface area contributed by atoms with E-state index in [2.05, 4.69) is 39.2 Å². The summed E-state index contributed by atoms with van der Waals surface area (Å²) in [5.41, 5.74) is 3.02. The fraction of sp³-hybridized carbons (Fsp3) is 0.421. The minimum absolute atomic E-state index is 0.326. The maximum absolute atomic E-state index is 11.8. The highest BCUT2D eigenvalue weighted by molar-refractivity contribution is 5.90. The number of nitrogens with zero attached hydrogens (tertiary/aromatic N) is 3. The van der Waals surface area contributed by atoms with E-state index in [1.165, 1.54) is 11.9 Å². The van der Waals surface area contributed by atoms with Gasteiger partial charge in [-0.3, -0.25) is 0 Å². The van der Waals surface area contributed by atoms with Crippen molar-refractivity contribution in [2.24, 2.45) is 0 Å². The minimum atomic E-state index is -0.402. The number of anilines is 3. The van der Waals surface area contributed by atoms with Gasteiger partial charge in [-0.25, -0.2) is 14.8 Å². The number of aromatic nitrogens is 2. The van der Waals surface area contributed by atoms with Crippen LogP contribution in [0.15, 0.2) is 30.5 Å². The maximum atomic E-state index is 11.8. The van der Waals surface area contributed by atoms with Gasteiger partial charge in [-0.1, -0.05) is 0 Å². The Bertz CT molecular complexity index is 764. The molecule has 2 aromatic rings. The average Bonchev–Trinajstić information content (AvgIpc) is 2.63. The van der Waals surface area contributed by atoms with Gasteiger partial charge in [0.15, 0.2) is 0 Å². The zero-order chi connectivity index (χ0) is 18.5. The summed E-state index contributed by atoms with van der Waals surface area (Å²) in [5.74, 6) is 0.0450. The van der Waals surface area contributed by atoms with E-state index in [1.807, 2.05) is 12.1 Å². The Labute approximate surface area is 153 Å². The lowest BCUT2D eigenvalue weighted by atomic mass is 10.2. The number of nitrogens with one attached hydrogen (secondary N) is 1. The fourth-order valence-corrected chi connectivity index (χ4v) is 2.91. The van der Waals surface area contributed by atoms with E-state index in [0.29, 0.717) is 29.9 Å². The molecule has 0 saturated carbocycles. The molecule has 0 amide bonds. The summed E-state index contributed by atoms with van der Waals surface area (Å²) in [6.45, 7) is 8.42. The number of esters is 1. The highest BCUT2D eigenvalue weighted by Crippen LogP contribution is 2.23. The van der Waals surface area contributed by atoms with Crippen LogP contribution in [0.1, 0.15) is 29.9 Å². The lowest BCUT2D eigenvalue weighted by Gasteiger charge is -2.35. The summed E-state index contributed by atoms with van der Waals surface area (Å²) < 4.78 is 10.5. The lowest BCUT2D eigenvalue weighted by Crippen LogP contribution is -2.43. The summed E-state index contributed by atoms with van der Waals surface area (Å²) in [5, 5.41) is 3.17. The Morgan fingerprint density at radius 2 is 2.15 bits per heavy atom. The predicted molar refractivity (Wildman–Crippen MR) is 100 cm³/mol. The fourth-order valence-electron chi connectivity index (χ4n) is 2.91. The van der Waals surface area contributed by atoms with Crippen LogP contribution in [0.5, 0.6) is 0 Å². The number of hydrogen-bond donors (Lipinski definition) is 1. The smallest absolute Gasteiger partial charge is 0.341 e. The van der Waals surface area contributed by atoms with Gasteiger partial charge in [-0.2, -0.15) is 0 Å². The molecule has 0 aliphatic carbocycles. The van der Waals surface area contributed by atoms with Crippen molar-refractivity contribution in [3.8, 4) is 0 Å². The molecule has 1 aromatic carbocycles. The summed E-state index contributed by atoms with van der Waals surface area (Å²) in [6, 6.07) is 8.50. The standard InChI is InChI=1S/C19H24N4O3/c1-4-26-18(24)17-11-20-19(21-14(17)3)22-15-5-7-16(8-6-15)23-9-10-25-12-13(23)2/h5-8,11,13H,4,9-10,12H2,1-3H3,(H,20,21,22). The summed E-state index contributed by atoms with van der Waals surface area (Å²) in [7, 11) is 0. The van der Waals surface area contributed by atoms with Crippen LogP contribution in [-0.4, -0.2) is 48.3 Å². The molecule has 138 valence electrons. The second-order valence-electron chi connectivity index (χ2n) is 6.20. The Hall–Kier alpha value is -2.67. The van der Waals surface area contributed by atoms with Gasteiger partial charge in [0, 0.05) is 30.2 Å². The molecule has 1 atom stereocenters.